The minimum atomic E-state index is -1.21. The van der Waals surface area contributed by atoms with Crippen molar-refractivity contribution in [1.29, 1.82) is 0 Å². The molecule has 2 heterocycles. The van der Waals surface area contributed by atoms with Crippen molar-refractivity contribution in [2.45, 2.75) is 0 Å². The molecule has 1 amide bonds. The lowest BCUT2D eigenvalue weighted by Crippen LogP contribution is -2.10. The average Bonchev–Trinajstić information content (AvgIpc) is 2.92. The van der Waals surface area contributed by atoms with E-state index in [1.54, 1.807) is 13.3 Å². The number of carboxylic acid groups (broad SMARTS) is 1. The van der Waals surface area contributed by atoms with Crippen LogP contribution in [0.15, 0.2) is 36.7 Å². The molecule has 9 heteroatoms. The third kappa shape index (κ3) is 2.59. The molecule has 0 radical (unpaired) electrons. The number of hydrogen-bond acceptors (Lipinski definition) is 6. The summed E-state index contributed by atoms with van der Waals surface area (Å²) in [5, 5.41) is 21.8. The summed E-state index contributed by atoms with van der Waals surface area (Å²) in [4.78, 5) is 14.9. The maximum absolute atomic E-state index is 10.7. The summed E-state index contributed by atoms with van der Waals surface area (Å²) < 4.78 is 6.59. The molecule has 3 N–H and O–H groups in total. The highest BCUT2D eigenvalue weighted by Gasteiger charge is 2.12. The molecule has 0 fully saturated rings. The highest BCUT2D eigenvalue weighted by atomic mass is 16.5. The van der Waals surface area contributed by atoms with Crippen molar-refractivity contribution < 1.29 is 14.6 Å². The first-order chi connectivity index (χ1) is 10.7. The van der Waals surface area contributed by atoms with Gasteiger partial charge in [-0.1, -0.05) is 0 Å². The Balaban J connectivity index is 1.93. The van der Waals surface area contributed by atoms with E-state index in [0.29, 0.717) is 11.5 Å². The van der Waals surface area contributed by atoms with E-state index in [2.05, 4.69) is 25.8 Å². The largest absolute Gasteiger partial charge is 0.497 e. The van der Waals surface area contributed by atoms with Gasteiger partial charge in [0.25, 0.3) is 0 Å². The van der Waals surface area contributed by atoms with Crippen LogP contribution in [-0.4, -0.2) is 37.9 Å². The van der Waals surface area contributed by atoms with Crippen molar-refractivity contribution in [3.8, 4) is 5.75 Å². The molecule has 9 nitrogen and oxygen atoms in total. The minimum Gasteiger partial charge on any atom is -0.497 e. The van der Waals surface area contributed by atoms with E-state index in [4.69, 9.17) is 9.84 Å². The summed E-state index contributed by atoms with van der Waals surface area (Å²) in [7, 11) is 1.60. The zero-order chi connectivity index (χ0) is 15.5. The van der Waals surface area contributed by atoms with Crippen LogP contribution in [0.5, 0.6) is 5.75 Å². The molecule has 22 heavy (non-hydrogen) atoms. The molecular weight excluding hydrogens is 288 g/mol. The maximum Gasteiger partial charge on any atom is 0.411 e. The van der Waals surface area contributed by atoms with E-state index in [0.717, 1.165) is 11.4 Å². The van der Waals surface area contributed by atoms with Crippen LogP contribution < -0.4 is 15.4 Å². The van der Waals surface area contributed by atoms with Crippen LogP contribution in [0.4, 0.5) is 22.2 Å². The number of ether oxygens (including phenoxy) is 1. The van der Waals surface area contributed by atoms with Crippen molar-refractivity contribution in [2.24, 2.45) is 0 Å². The molecule has 0 aliphatic rings. The lowest BCUT2D eigenvalue weighted by atomic mass is 10.3. The zero-order valence-electron chi connectivity index (χ0n) is 11.5. The fourth-order valence-corrected chi connectivity index (χ4v) is 1.91. The lowest BCUT2D eigenvalue weighted by molar-refractivity contribution is 0.209. The zero-order valence-corrected chi connectivity index (χ0v) is 11.5. The number of amides is 1. The Morgan fingerprint density at radius 3 is 2.73 bits per heavy atom. The Bertz CT molecular complexity index is 814. The van der Waals surface area contributed by atoms with Crippen molar-refractivity contribution in [1.82, 2.24) is 19.6 Å². The molecule has 0 aliphatic carbocycles. The van der Waals surface area contributed by atoms with Crippen LogP contribution in [0.3, 0.4) is 0 Å². The van der Waals surface area contributed by atoms with Gasteiger partial charge in [-0.2, -0.15) is 0 Å². The van der Waals surface area contributed by atoms with Gasteiger partial charge in [-0.15, -0.1) is 10.2 Å². The fraction of sp³-hybridized carbons (Fsp3) is 0.0769. The monoisotopic (exact) mass is 300 g/mol. The van der Waals surface area contributed by atoms with Crippen LogP contribution in [-0.2, 0) is 0 Å². The van der Waals surface area contributed by atoms with Crippen molar-refractivity contribution >= 4 is 29.2 Å². The predicted octanol–water partition coefficient (Wildman–Crippen LogP) is 1.97. The van der Waals surface area contributed by atoms with E-state index in [1.165, 1.54) is 10.6 Å². The summed E-state index contributed by atoms with van der Waals surface area (Å²) in [6.07, 6.45) is 1.88. The molecule has 1 aromatic carbocycles. The molecule has 0 saturated heterocycles. The van der Waals surface area contributed by atoms with Crippen molar-refractivity contribution in [2.75, 3.05) is 17.7 Å². The standard InChI is InChI=1S/C13H12N6O3/c1-22-9-4-2-8(3-5-9)15-10-11-17-18-12(16-13(20)21)19(11)7-6-14-10/h2-7H,1H3,(H,14,15)(H,16,18)(H,20,21). The number of nitrogens with one attached hydrogen (secondary N) is 2. The van der Waals surface area contributed by atoms with E-state index in [-0.39, 0.29) is 5.95 Å². The van der Waals surface area contributed by atoms with Gasteiger partial charge in [0.1, 0.15) is 5.75 Å². The van der Waals surface area contributed by atoms with Crippen LogP contribution in [0.2, 0.25) is 0 Å². The lowest BCUT2D eigenvalue weighted by Gasteiger charge is -2.07. The highest BCUT2D eigenvalue weighted by molar-refractivity contribution is 5.81. The van der Waals surface area contributed by atoms with Gasteiger partial charge in [0, 0.05) is 18.1 Å². The van der Waals surface area contributed by atoms with Gasteiger partial charge >= 0.3 is 6.09 Å². The number of anilines is 3. The Hall–Kier alpha value is -3.36. The van der Waals surface area contributed by atoms with Crippen LogP contribution in [0.1, 0.15) is 0 Å². The third-order valence-electron chi connectivity index (χ3n) is 2.90. The molecule has 0 unspecified atom stereocenters. The Morgan fingerprint density at radius 2 is 2.05 bits per heavy atom. The minimum absolute atomic E-state index is 0.0997. The predicted molar refractivity (Wildman–Crippen MR) is 78.7 cm³/mol. The Kier molecular flexibility index (Phi) is 3.44. The second kappa shape index (κ2) is 5.56. The summed E-state index contributed by atoms with van der Waals surface area (Å²) in [5.41, 5.74) is 1.19. The second-order valence-electron chi connectivity index (χ2n) is 4.28. The fourth-order valence-electron chi connectivity index (χ4n) is 1.91. The van der Waals surface area contributed by atoms with Crippen LogP contribution in [0.25, 0.3) is 5.65 Å². The summed E-state index contributed by atoms with van der Waals surface area (Å²) in [6.45, 7) is 0. The van der Waals surface area contributed by atoms with E-state index < -0.39 is 6.09 Å². The molecule has 2 aromatic heterocycles. The summed E-state index contributed by atoms with van der Waals surface area (Å²) >= 11 is 0. The number of methoxy groups -OCH3 is 1. The molecule has 0 spiro atoms. The topological polar surface area (TPSA) is 114 Å². The van der Waals surface area contributed by atoms with Crippen molar-refractivity contribution in [3.05, 3.63) is 36.7 Å². The number of nitrogens with zero attached hydrogens (tertiary/aromatic N) is 4. The molecule has 0 atom stereocenters. The molecule has 3 rings (SSSR count). The van der Waals surface area contributed by atoms with Crippen LogP contribution in [0, 0.1) is 0 Å². The molecule has 0 bridgehead atoms. The Labute approximate surface area is 124 Å². The summed E-state index contributed by atoms with van der Waals surface area (Å²) in [6, 6.07) is 7.28. The van der Waals surface area contributed by atoms with Gasteiger partial charge in [-0.3, -0.25) is 9.72 Å². The van der Waals surface area contributed by atoms with Crippen LogP contribution >= 0.6 is 0 Å². The number of rotatable bonds is 4. The average molecular weight is 300 g/mol. The highest BCUT2D eigenvalue weighted by Crippen LogP contribution is 2.22. The summed E-state index contributed by atoms with van der Waals surface area (Å²) in [5.74, 6) is 1.30. The Morgan fingerprint density at radius 1 is 1.27 bits per heavy atom. The van der Waals surface area contributed by atoms with Gasteiger partial charge in [-0.25, -0.2) is 9.78 Å². The van der Waals surface area contributed by atoms with Gasteiger partial charge in [-0.05, 0) is 24.3 Å². The molecule has 3 aromatic rings. The second-order valence-corrected chi connectivity index (χ2v) is 4.28. The number of aromatic nitrogens is 4. The molecule has 0 aliphatic heterocycles. The van der Waals surface area contributed by atoms with Gasteiger partial charge in [0.2, 0.25) is 11.6 Å². The van der Waals surface area contributed by atoms with Gasteiger partial charge in [0.05, 0.1) is 7.11 Å². The number of fused-ring (bicyclic) bond motifs is 1. The number of hydrogen-bond donors (Lipinski definition) is 3. The first-order valence-corrected chi connectivity index (χ1v) is 6.28. The molecular formula is C13H12N6O3. The number of benzene rings is 1. The normalized spacial score (nSPS) is 10.4. The number of carbonyl (C=O) groups is 1. The first-order valence-electron chi connectivity index (χ1n) is 6.28. The smallest absolute Gasteiger partial charge is 0.411 e. The maximum atomic E-state index is 10.7. The van der Waals surface area contributed by atoms with E-state index in [9.17, 15) is 4.79 Å². The third-order valence-corrected chi connectivity index (χ3v) is 2.90. The van der Waals surface area contributed by atoms with E-state index in [1.807, 2.05) is 24.3 Å². The van der Waals surface area contributed by atoms with Gasteiger partial charge in [0.15, 0.2) is 5.82 Å². The molecule has 0 saturated carbocycles. The SMILES string of the molecule is COc1ccc(Nc2nccn3c(NC(=O)O)nnc23)cc1. The quantitative estimate of drug-likeness (QED) is 0.675. The van der Waals surface area contributed by atoms with Crippen molar-refractivity contribution in [3.63, 3.8) is 0 Å². The van der Waals surface area contributed by atoms with Gasteiger partial charge < -0.3 is 15.2 Å². The first kappa shape index (κ1) is 13.6. The molecule has 112 valence electrons. The van der Waals surface area contributed by atoms with E-state index >= 15 is 0 Å².